The van der Waals surface area contributed by atoms with Gasteiger partial charge < -0.3 is 5.73 Å². The van der Waals surface area contributed by atoms with Crippen molar-refractivity contribution in [1.29, 1.82) is 0 Å². The third-order valence-corrected chi connectivity index (χ3v) is 4.11. The van der Waals surface area contributed by atoms with Crippen LogP contribution in [0.2, 0.25) is 0 Å². The highest BCUT2D eigenvalue weighted by molar-refractivity contribution is 4.92. The summed E-state index contributed by atoms with van der Waals surface area (Å²) in [4.78, 5) is 0. The minimum absolute atomic E-state index is 0.419. The normalized spacial score (nSPS) is 31.6. The summed E-state index contributed by atoms with van der Waals surface area (Å²) in [6.07, 6.45) is 5.30. The molecule has 1 saturated carbocycles. The third kappa shape index (κ3) is 2.25. The number of rotatable bonds is 3. The summed E-state index contributed by atoms with van der Waals surface area (Å²) in [6, 6.07) is 0.419. The van der Waals surface area contributed by atoms with Crippen LogP contribution in [0.25, 0.3) is 0 Å². The minimum atomic E-state index is 0.419. The molecular formula is C12H25N. The Kier molecular flexibility index (Phi) is 3.39. The largest absolute Gasteiger partial charge is 0.327 e. The summed E-state index contributed by atoms with van der Waals surface area (Å²) in [5.41, 5.74) is 6.80. The van der Waals surface area contributed by atoms with E-state index in [0.29, 0.717) is 17.4 Å². The van der Waals surface area contributed by atoms with Gasteiger partial charge in [-0.2, -0.15) is 0 Å². The Labute approximate surface area is 83.1 Å². The van der Waals surface area contributed by atoms with Crippen LogP contribution in [-0.4, -0.2) is 6.04 Å². The zero-order valence-corrected chi connectivity index (χ0v) is 9.64. The Hall–Kier alpha value is -0.0400. The minimum Gasteiger partial charge on any atom is -0.327 e. The van der Waals surface area contributed by atoms with Gasteiger partial charge in [0.05, 0.1) is 0 Å². The highest BCUT2D eigenvalue weighted by Gasteiger charge is 2.39. The van der Waals surface area contributed by atoms with Crippen molar-refractivity contribution in [3.8, 4) is 0 Å². The van der Waals surface area contributed by atoms with Crippen molar-refractivity contribution in [3.05, 3.63) is 0 Å². The van der Waals surface area contributed by atoms with Crippen LogP contribution in [0.5, 0.6) is 0 Å². The lowest BCUT2D eigenvalue weighted by molar-refractivity contribution is 0.184. The van der Waals surface area contributed by atoms with Crippen molar-refractivity contribution in [2.75, 3.05) is 0 Å². The lowest BCUT2D eigenvalue weighted by atomic mass is 9.74. The van der Waals surface area contributed by atoms with E-state index in [4.69, 9.17) is 5.73 Å². The number of hydrogen-bond donors (Lipinski definition) is 1. The molecule has 0 aromatic rings. The van der Waals surface area contributed by atoms with Gasteiger partial charge in [-0.3, -0.25) is 0 Å². The predicted molar refractivity (Wildman–Crippen MR) is 58.6 cm³/mol. The van der Waals surface area contributed by atoms with Gasteiger partial charge in [0.25, 0.3) is 0 Å². The van der Waals surface area contributed by atoms with E-state index in [1.54, 1.807) is 0 Å². The first-order valence-corrected chi connectivity index (χ1v) is 5.74. The van der Waals surface area contributed by atoms with Gasteiger partial charge in [-0.05, 0) is 30.1 Å². The van der Waals surface area contributed by atoms with Crippen molar-refractivity contribution in [3.63, 3.8) is 0 Å². The number of nitrogens with two attached hydrogens (primary N) is 1. The average molecular weight is 183 g/mol. The zero-order chi connectivity index (χ0) is 10.1. The topological polar surface area (TPSA) is 26.0 Å². The molecule has 0 bridgehead atoms. The third-order valence-electron chi connectivity index (χ3n) is 4.11. The van der Waals surface area contributed by atoms with Crippen LogP contribution >= 0.6 is 0 Å². The van der Waals surface area contributed by atoms with Crippen molar-refractivity contribution >= 4 is 0 Å². The van der Waals surface area contributed by atoms with Gasteiger partial charge in [0, 0.05) is 6.04 Å². The molecule has 1 aliphatic rings. The fraction of sp³-hybridized carbons (Fsp3) is 1.00. The molecule has 0 amide bonds. The molecule has 0 saturated heterocycles. The van der Waals surface area contributed by atoms with Crippen LogP contribution in [0.15, 0.2) is 0 Å². The smallest absolute Gasteiger partial charge is 0.00979 e. The quantitative estimate of drug-likeness (QED) is 0.714. The van der Waals surface area contributed by atoms with Gasteiger partial charge in [-0.25, -0.2) is 0 Å². The summed E-state index contributed by atoms with van der Waals surface area (Å²) < 4.78 is 0. The van der Waals surface area contributed by atoms with E-state index in [9.17, 15) is 0 Å². The Morgan fingerprint density at radius 2 is 2.08 bits per heavy atom. The molecule has 0 aromatic carbocycles. The maximum absolute atomic E-state index is 6.31. The van der Waals surface area contributed by atoms with Crippen molar-refractivity contribution in [2.45, 2.75) is 59.4 Å². The van der Waals surface area contributed by atoms with E-state index in [-0.39, 0.29) is 0 Å². The second-order valence-corrected chi connectivity index (χ2v) is 5.45. The molecule has 1 aliphatic carbocycles. The van der Waals surface area contributed by atoms with Crippen molar-refractivity contribution in [1.82, 2.24) is 0 Å². The summed E-state index contributed by atoms with van der Waals surface area (Å²) in [5.74, 6) is 1.44. The van der Waals surface area contributed by atoms with Crippen LogP contribution in [0, 0.1) is 17.3 Å². The van der Waals surface area contributed by atoms with E-state index in [0.717, 1.165) is 5.92 Å². The Morgan fingerprint density at radius 1 is 1.46 bits per heavy atom. The molecule has 3 unspecified atom stereocenters. The highest BCUT2D eigenvalue weighted by Crippen LogP contribution is 2.45. The zero-order valence-electron chi connectivity index (χ0n) is 9.64. The van der Waals surface area contributed by atoms with Gasteiger partial charge >= 0.3 is 0 Å². The van der Waals surface area contributed by atoms with Gasteiger partial charge in [-0.15, -0.1) is 0 Å². The van der Waals surface area contributed by atoms with E-state index in [1.807, 2.05) is 0 Å². The second-order valence-electron chi connectivity index (χ2n) is 5.45. The van der Waals surface area contributed by atoms with Gasteiger partial charge in [0.2, 0.25) is 0 Å². The molecule has 1 heteroatoms. The average Bonchev–Trinajstić information content (AvgIpc) is 2.42. The molecule has 0 aromatic heterocycles. The van der Waals surface area contributed by atoms with Crippen LogP contribution in [0.4, 0.5) is 0 Å². The highest BCUT2D eigenvalue weighted by atomic mass is 14.7. The SMILES string of the molecule is CCC(C)C(N)C1CCCC1(C)C. The summed E-state index contributed by atoms with van der Waals surface area (Å²) in [5, 5.41) is 0. The summed E-state index contributed by atoms with van der Waals surface area (Å²) in [6.45, 7) is 9.30. The fourth-order valence-corrected chi connectivity index (χ4v) is 2.74. The first-order valence-electron chi connectivity index (χ1n) is 5.74. The standard InChI is InChI=1S/C12H25N/c1-5-9(2)11(13)10-7-6-8-12(10,3)4/h9-11H,5-8,13H2,1-4H3. The lowest BCUT2D eigenvalue weighted by Gasteiger charge is -2.35. The van der Waals surface area contributed by atoms with Crippen LogP contribution in [0.1, 0.15) is 53.4 Å². The molecule has 1 nitrogen and oxygen atoms in total. The van der Waals surface area contributed by atoms with E-state index in [1.165, 1.54) is 25.7 Å². The molecule has 1 rings (SSSR count). The van der Waals surface area contributed by atoms with E-state index in [2.05, 4.69) is 27.7 Å². The molecule has 0 spiro atoms. The fourth-order valence-electron chi connectivity index (χ4n) is 2.74. The maximum Gasteiger partial charge on any atom is 0.00979 e. The molecule has 2 N–H and O–H groups in total. The molecule has 0 heterocycles. The van der Waals surface area contributed by atoms with E-state index < -0.39 is 0 Å². The molecular weight excluding hydrogens is 158 g/mol. The Balaban J connectivity index is 2.60. The Bertz CT molecular complexity index is 163. The number of hydrogen-bond acceptors (Lipinski definition) is 1. The van der Waals surface area contributed by atoms with Gasteiger partial charge in [0.15, 0.2) is 0 Å². The first kappa shape index (κ1) is 11.0. The molecule has 0 aliphatic heterocycles. The molecule has 3 atom stereocenters. The van der Waals surface area contributed by atoms with E-state index >= 15 is 0 Å². The molecule has 1 fully saturated rings. The van der Waals surface area contributed by atoms with Crippen molar-refractivity contribution < 1.29 is 0 Å². The summed E-state index contributed by atoms with van der Waals surface area (Å²) >= 11 is 0. The van der Waals surface area contributed by atoms with Crippen molar-refractivity contribution in [2.24, 2.45) is 23.0 Å². The molecule has 0 radical (unpaired) electrons. The molecule has 78 valence electrons. The van der Waals surface area contributed by atoms with Crippen LogP contribution < -0.4 is 5.73 Å². The molecule has 13 heavy (non-hydrogen) atoms. The monoisotopic (exact) mass is 183 g/mol. The summed E-state index contributed by atoms with van der Waals surface area (Å²) in [7, 11) is 0. The van der Waals surface area contributed by atoms with Gasteiger partial charge in [0.1, 0.15) is 0 Å². The van der Waals surface area contributed by atoms with Crippen LogP contribution in [-0.2, 0) is 0 Å². The van der Waals surface area contributed by atoms with Gasteiger partial charge in [-0.1, -0.05) is 40.5 Å². The predicted octanol–water partition coefficient (Wildman–Crippen LogP) is 3.19. The van der Waals surface area contributed by atoms with Crippen LogP contribution in [0.3, 0.4) is 0 Å². The Morgan fingerprint density at radius 3 is 2.46 bits per heavy atom. The first-order chi connectivity index (χ1) is 5.99. The second kappa shape index (κ2) is 4.00. The maximum atomic E-state index is 6.31. The lowest BCUT2D eigenvalue weighted by Crippen LogP contribution is -2.40.